The first-order valence-electron chi connectivity index (χ1n) is 7.21. The summed E-state index contributed by atoms with van der Waals surface area (Å²) in [5.74, 6) is 0.266. The number of aromatic nitrogens is 1. The van der Waals surface area contributed by atoms with Crippen LogP contribution in [0.5, 0.6) is 0 Å². The van der Waals surface area contributed by atoms with Gasteiger partial charge in [-0.3, -0.25) is 0 Å². The molecular weight excluding hydrogens is 262 g/mol. The van der Waals surface area contributed by atoms with E-state index in [0.717, 1.165) is 17.4 Å². The van der Waals surface area contributed by atoms with Crippen LogP contribution in [0.2, 0.25) is 0 Å². The lowest BCUT2D eigenvalue weighted by atomic mass is 10.1. The highest BCUT2D eigenvalue weighted by Gasteiger charge is 2.14. The minimum absolute atomic E-state index is 0.294. The topological polar surface area (TPSA) is 31.2 Å². The predicted molar refractivity (Wildman–Crippen MR) is 85.6 cm³/mol. The van der Waals surface area contributed by atoms with Crippen molar-refractivity contribution in [1.29, 1.82) is 0 Å². The lowest BCUT2D eigenvalue weighted by Gasteiger charge is -2.10. The van der Waals surface area contributed by atoms with Gasteiger partial charge in [-0.2, -0.15) is 0 Å². The third-order valence-corrected chi connectivity index (χ3v) is 3.74. The Hall–Kier alpha value is -2.29. The van der Waals surface area contributed by atoms with Crippen LogP contribution in [0.1, 0.15) is 24.2 Å². The zero-order chi connectivity index (χ0) is 15.0. The fourth-order valence-electron chi connectivity index (χ4n) is 2.86. The summed E-state index contributed by atoms with van der Waals surface area (Å²) < 4.78 is 7.15. The van der Waals surface area contributed by atoms with Crippen molar-refractivity contribution in [2.45, 2.75) is 20.4 Å². The van der Waals surface area contributed by atoms with Crippen molar-refractivity contribution in [3.8, 4) is 0 Å². The molecule has 0 spiro atoms. The molecule has 3 heteroatoms. The number of nitrogens with zero attached hydrogens (tertiary/aromatic N) is 1. The van der Waals surface area contributed by atoms with Crippen LogP contribution < -0.4 is 0 Å². The third kappa shape index (κ3) is 2.29. The van der Waals surface area contributed by atoms with E-state index in [4.69, 9.17) is 4.74 Å². The Balaban J connectivity index is 2.32. The minimum Gasteiger partial charge on any atom is -0.465 e. The van der Waals surface area contributed by atoms with Crippen molar-refractivity contribution < 1.29 is 9.53 Å². The molecule has 0 bridgehead atoms. The summed E-state index contributed by atoms with van der Waals surface area (Å²) in [5.41, 5.74) is 2.97. The van der Waals surface area contributed by atoms with Gasteiger partial charge in [-0.1, -0.05) is 32.0 Å². The number of para-hydroxylation sites is 1. The van der Waals surface area contributed by atoms with E-state index in [0.29, 0.717) is 11.5 Å². The van der Waals surface area contributed by atoms with Gasteiger partial charge in [-0.15, -0.1) is 0 Å². The molecule has 0 aliphatic heterocycles. The fourth-order valence-corrected chi connectivity index (χ4v) is 2.86. The Morgan fingerprint density at radius 1 is 1.10 bits per heavy atom. The van der Waals surface area contributed by atoms with Gasteiger partial charge < -0.3 is 9.30 Å². The van der Waals surface area contributed by atoms with E-state index in [-0.39, 0.29) is 5.97 Å². The molecule has 0 N–H and O–H groups in total. The largest absolute Gasteiger partial charge is 0.465 e. The van der Waals surface area contributed by atoms with Gasteiger partial charge in [0.15, 0.2) is 0 Å². The zero-order valence-corrected chi connectivity index (χ0v) is 12.6. The molecule has 108 valence electrons. The first-order valence-corrected chi connectivity index (χ1v) is 7.21. The zero-order valence-electron chi connectivity index (χ0n) is 12.6. The van der Waals surface area contributed by atoms with Crippen LogP contribution in [0.3, 0.4) is 0 Å². The molecule has 1 aromatic heterocycles. The van der Waals surface area contributed by atoms with Crippen molar-refractivity contribution in [2.24, 2.45) is 5.92 Å². The van der Waals surface area contributed by atoms with Gasteiger partial charge in [-0.25, -0.2) is 4.79 Å². The van der Waals surface area contributed by atoms with Crippen molar-refractivity contribution in [1.82, 2.24) is 4.57 Å². The molecule has 2 aromatic carbocycles. The molecule has 3 nitrogen and oxygen atoms in total. The summed E-state index contributed by atoms with van der Waals surface area (Å²) in [6.45, 7) is 5.38. The summed E-state index contributed by atoms with van der Waals surface area (Å²) in [7, 11) is 1.41. The van der Waals surface area contributed by atoms with Gasteiger partial charge in [0.05, 0.1) is 12.7 Å². The first-order chi connectivity index (χ1) is 10.1. The molecule has 0 aliphatic carbocycles. The highest BCUT2D eigenvalue weighted by Crippen LogP contribution is 2.30. The summed E-state index contributed by atoms with van der Waals surface area (Å²) in [6, 6.07) is 14.1. The van der Waals surface area contributed by atoms with E-state index in [1.807, 2.05) is 24.3 Å². The highest BCUT2D eigenvalue weighted by atomic mass is 16.5. The van der Waals surface area contributed by atoms with Crippen molar-refractivity contribution >= 4 is 27.8 Å². The molecule has 3 rings (SSSR count). The molecular formula is C18H19NO2. The maximum atomic E-state index is 11.7. The van der Waals surface area contributed by atoms with Gasteiger partial charge in [0.2, 0.25) is 0 Å². The van der Waals surface area contributed by atoms with Crippen molar-refractivity contribution in [3.63, 3.8) is 0 Å². The van der Waals surface area contributed by atoms with Crippen LogP contribution in [-0.2, 0) is 11.3 Å². The summed E-state index contributed by atoms with van der Waals surface area (Å²) >= 11 is 0. The van der Waals surface area contributed by atoms with E-state index in [1.54, 1.807) is 0 Å². The van der Waals surface area contributed by atoms with Crippen LogP contribution in [0, 0.1) is 5.92 Å². The Labute approximate surface area is 124 Å². The molecule has 0 atom stereocenters. The lowest BCUT2D eigenvalue weighted by Crippen LogP contribution is -2.04. The van der Waals surface area contributed by atoms with Crippen molar-refractivity contribution in [3.05, 3.63) is 48.0 Å². The quantitative estimate of drug-likeness (QED) is 0.672. The van der Waals surface area contributed by atoms with E-state index in [9.17, 15) is 4.79 Å². The number of ether oxygens (including phenoxy) is 1. The maximum Gasteiger partial charge on any atom is 0.337 e. The molecule has 0 amide bonds. The van der Waals surface area contributed by atoms with Gasteiger partial charge in [0.1, 0.15) is 0 Å². The van der Waals surface area contributed by atoms with Gasteiger partial charge in [0, 0.05) is 28.4 Å². The summed E-state index contributed by atoms with van der Waals surface area (Å²) in [4.78, 5) is 11.7. The smallest absolute Gasteiger partial charge is 0.337 e. The molecule has 0 saturated carbocycles. The number of benzene rings is 2. The normalized spacial score (nSPS) is 11.4. The molecule has 21 heavy (non-hydrogen) atoms. The third-order valence-electron chi connectivity index (χ3n) is 3.74. The SMILES string of the molecule is COC(=O)c1ccc2c(c1)c1ccccc1n2CC(C)C. The number of esters is 1. The number of hydrogen-bond acceptors (Lipinski definition) is 2. The molecule has 1 heterocycles. The lowest BCUT2D eigenvalue weighted by molar-refractivity contribution is 0.0601. The van der Waals surface area contributed by atoms with E-state index in [2.05, 4.69) is 36.6 Å². The van der Waals surface area contributed by atoms with Crippen molar-refractivity contribution in [2.75, 3.05) is 7.11 Å². The molecule has 0 aliphatic rings. The standard InChI is InChI=1S/C18H19NO2/c1-12(2)11-19-16-7-5-4-6-14(16)15-10-13(18(20)21-3)8-9-17(15)19/h4-10,12H,11H2,1-3H3. The molecule has 0 unspecified atom stereocenters. The fraction of sp³-hybridized carbons (Fsp3) is 0.278. The Bertz CT molecular complexity index is 815. The second-order valence-corrected chi connectivity index (χ2v) is 5.75. The number of carbonyl (C=O) groups excluding carboxylic acids is 1. The molecule has 3 aromatic rings. The average Bonchev–Trinajstić information content (AvgIpc) is 2.80. The van der Waals surface area contributed by atoms with Gasteiger partial charge >= 0.3 is 5.97 Å². The second-order valence-electron chi connectivity index (χ2n) is 5.75. The number of rotatable bonds is 3. The van der Waals surface area contributed by atoms with Crippen LogP contribution in [0.4, 0.5) is 0 Å². The summed E-state index contributed by atoms with van der Waals surface area (Å²) in [6.07, 6.45) is 0. The number of fused-ring (bicyclic) bond motifs is 3. The Morgan fingerprint density at radius 3 is 2.52 bits per heavy atom. The first kappa shape index (κ1) is 13.7. The van der Waals surface area contributed by atoms with Gasteiger partial charge in [-0.05, 0) is 30.2 Å². The number of methoxy groups -OCH3 is 1. The molecule has 0 saturated heterocycles. The van der Waals surface area contributed by atoms with Crippen LogP contribution >= 0.6 is 0 Å². The van der Waals surface area contributed by atoms with E-state index < -0.39 is 0 Å². The van der Waals surface area contributed by atoms with Gasteiger partial charge in [0.25, 0.3) is 0 Å². The summed E-state index contributed by atoms with van der Waals surface area (Å²) in [5, 5.41) is 2.29. The predicted octanol–water partition coefficient (Wildman–Crippen LogP) is 4.24. The van der Waals surface area contributed by atoms with Crippen LogP contribution in [0.25, 0.3) is 21.8 Å². The highest BCUT2D eigenvalue weighted by molar-refractivity contribution is 6.10. The molecule has 0 fully saturated rings. The van der Waals surface area contributed by atoms with Crippen LogP contribution in [-0.4, -0.2) is 17.6 Å². The number of hydrogen-bond donors (Lipinski definition) is 0. The van der Waals surface area contributed by atoms with E-state index in [1.165, 1.54) is 18.0 Å². The second kappa shape index (κ2) is 5.24. The maximum absolute atomic E-state index is 11.7. The van der Waals surface area contributed by atoms with E-state index >= 15 is 0 Å². The average molecular weight is 281 g/mol. The molecule has 0 radical (unpaired) electrons. The minimum atomic E-state index is -0.294. The number of carbonyl (C=O) groups is 1. The van der Waals surface area contributed by atoms with Crippen LogP contribution in [0.15, 0.2) is 42.5 Å². The Morgan fingerprint density at radius 2 is 1.81 bits per heavy atom. The monoisotopic (exact) mass is 281 g/mol. The Kier molecular flexibility index (Phi) is 3.42.